The molecule has 448 valence electrons. The molecule has 2 aromatic rings. The third kappa shape index (κ3) is 18.8. The summed E-state index contributed by atoms with van der Waals surface area (Å²) < 4.78 is 0. The average Bonchev–Trinajstić information content (AvgIpc) is 4.16. The summed E-state index contributed by atoms with van der Waals surface area (Å²) in [5, 5.41) is 22.3. The first-order valence-corrected chi connectivity index (χ1v) is 28.9. The molecule has 82 heavy (non-hydrogen) atoms. The normalized spacial score (nSPS) is 25.8. The van der Waals surface area contributed by atoms with E-state index in [1.54, 1.807) is 70.2 Å². The highest BCUT2D eigenvalue weighted by Gasteiger charge is 2.42. The highest BCUT2D eigenvalue weighted by Crippen LogP contribution is 2.24. The Morgan fingerprint density at radius 1 is 0.500 bits per heavy atom. The Hall–Kier alpha value is -7.53. The molecule has 0 bridgehead atoms. The molecule has 5 rings (SSSR count). The predicted octanol–water partition coefficient (Wildman–Crippen LogP) is 1.48. The quantitative estimate of drug-likeness (QED) is 0.120. The van der Waals surface area contributed by atoms with Crippen molar-refractivity contribution in [3.63, 3.8) is 0 Å². The first-order chi connectivity index (χ1) is 39.0. The number of aromatic nitrogens is 1. The van der Waals surface area contributed by atoms with Gasteiger partial charge >= 0.3 is 0 Å². The number of amides is 10. The number of carbonyl (C=O) groups excluding carboxylic acids is 10. The number of fused-ring (bicyclic) bond motifs is 2. The maximum absolute atomic E-state index is 14.8. The van der Waals surface area contributed by atoms with Crippen LogP contribution in [0.15, 0.2) is 66.3 Å². The van der Waals surface area contributed by atoms with Gasteiger partial charge in [0.25, 0.3) is 11.8 Å². The van der Waals surface area contributed by atoms with Gasteiger partial charge in [0.15, 0.2) is 0 Å². The minimum atomic E-state index is -1.26. The lowest BCUT2D eigenvalue weighted by Gasteiger charge is -2.31. The molecule has 3 aliphatic heterocycles. The molecule has 0 unspecified atom stereocenters. The molecule has 4 heterocycles. The molecule has 1 aromatic carbocycles. The van der Waals surface area contributed by atoms with Crippen molar-refractivity contribution < 1.29 is 47.9 Å². The van der Waals surface area contributed by atoms with Gasteiger partial charge in [-0.1, -0.05) is 91.8 Å². The van der Waals surface area contributed by atoms with Gasteiger partial charge in [-0.15, -0.1) is 0 Å². The lowest BCUT2D eigenvalue weighted by atomic mass is 10.00. The highest BCUT2D eigenvalue weighted by atomic mass is 16.2. The van der Waals surface area contributed by atoms with Crippen molar-refractivity contribution in [3.05, 3.63) is 77.4 Å². The zero-order valence-corrected chi connectivity index (χ0v) is 48.8. The summed E-state index contributed by atoms with van der Waals surface area (Å²) in [6, 6.07) is 2.39. The number of nitrogens with zero attached hydrogens (tertiary/aromatic N) is 3. The van der Waals surface area contributed by atoms with E-state index in [0.29, 0.717) is 24.0 Å². The van der Waals surface area contributed by atoms with E-state index in [-0.39, 0.29) is 101 Å². The van der Waals surface area contributed by atoms with Gasteiger partial charge in [0.1, 0.15) is 59.7 Å². The molecular weight excluding hydrogens is 1050 g/mol. The summed E-state index contributed by atoms with van der Waals surface area (Å²) in [7, 11) is 0. The van der Waals surface area contributed by atoms with Gasteiger partial charge in [0.05, 0.1) is 0 Å². The zero-order chi connectivity index (χ0) is 60.2. The van der Waals surface area contributed by atoms with Crippen LogP contribution in [-0.2, 0) is 47.9 Å². The Labute approximate surface area is 481 Å². The van der Waals surface area contributed by atoms with E-state index in [1.807, 2.05) is 27.7 Å². The van der Waals surface area contributed by atoms with Crippen molar-refractivity contribution in [2.75, 3.05) is 26.2 Å². The van der Waals surface area contributed by atoms with Crippen LogP contribution in [0.25, 0.3) is 12.2 Å². The number of nitrogens with two attached hydrogens (primary N) is 2. The van der Waals surface area contributed by atoms with Crippen LogP contribution >= 0.6 is 0 Å². The molecule has 12 N–H and O–H groups in total. The van der Waals surface area contributed by atoms with Crippen LogP contribution in [0.5, 0.6) is 0 Å². The Kier molecular flexibility index (Phi) is 25.2. The first-order valence-electron chi connectivity index (χ1n) is 28.9. The molecule has 0 spiro atoms. The molecule has 3 saturated heterocycles. The SMILES string of the molecule is CC(C)C[C@@H]1NC(=O)[C@H](CCCN)NC(=O)[C@H](C(C)C)NC(=O)[C@@H]2CCCN2C(=O)/C(=C/c2ccccc2)NC(=O)[C@H](CC(C)C)NC(=O)[C@H](CCCN)NC(=O)[C@H](C(C)C)NC(=O)[C@@H]2CCCN2C(=O)/C(=C/c2cccnc2)NC1=O. The molecule has 23 nitrogen and oxygen atoms in total. The standard InChI is InChI=1S/C59H87N13O10/c1-34(2)29-42-52(75)67-44(31-38-17-10-9-11-18-38)58(81)71-27-15-22-46(71)54(77)69-48(36(5)6)56(79)64-41(21-13-25-61)51(74)66-43(30-35(3)4)53(76)68-45(32-39-19-14-26-62-33-39)59(82)72-28-16-23-47(72)55(78)70-49(37(7)8)57(80)63-40(20-12-24-60)50(73)65-42/h9-11,14,17-19,26,31-37,40-43,46-49H,12-13,15-16,20-25,27-30,60-61H2,1-8H3,(H,63,80)(H,64,79)(H,65,73)(H,66,74)(H,67,75)(H,68,76)(H,69,77)(H,70,78)/b44-31-,45-32-/t40-,41-,42-,43-,46-,47-,48-,49-/m0/s1. The van der Waals surface area contributed by atoms with Gasteiger partial charge in [-0.25, -0.2) is 0 Å². The second-order valence-electron chi connectivity index (χ2n) is 22.9. The predicted molar refractivity (Wildman–Crippen MR) is 309 cm³/mol. The summed E-state index contributed by atoms with van der Waals surface area (Å²) >= 11 is 0. The van der Waals surface area contributed by atoms with Crippen LogP contribution in [0.4, 0.5) is 0 Å². The minimum Gasteiger partial charge on any atom is -0.343 e. The first kappa shape index (κ1) is 65.3. The number of carbonyl (C=O) groups is 10. The summed E-state index contributed by atoms with van der Waals surface area (Å²) in [4.78, 5) is 152. The molecule has 8 atom stereocenters. The van der Waals surface area contributed by atoms with Crippen LogP contribution in [0, 0.1) is 23.7 Å². The summed E-state index contributed by atoms with van der Waals surface area (Å²) in [5.74, 6) is -8.54. The summed E-state index contributed by atoms with van der Waals surface area (Å²) in [5.41, 5.74) is 12.4. The smallest absolute Gasteiger partial charge is 0.271 e. The lowest BCUT2D eigenvalue weighted by molar-refractivity contribution is -0.139. The van der Waals surface area contributed by atoms with Gasteiger partial charge in [0, 0.05) is 25.5 Å². The Morgan fingerprint density at radius 2 is 0.902 bits per heavy atom. The van der Waals surface area contributed by atoms with Gasteiger partial charge in [-0.3, -0.25) is 52.9 Å². The van der Waals surface area contributed by atoms with Gasteiger partial charge in [-0.2, -0.15) is 0 Å². The topological polar surface area (TPSA) is 338 Å². The fraction of sp³-hybridized carbons (Fsp3) is 0.576. The second kappa shape index (κ2) is 31.6. The number of rotatable bonds is 14. The highest BCUT2D eigenvalue weighted by molar-refractivity contribution is 6.06. The Morgan fingerprint density at radius 3 is 1.28 bits per heavy atom. The molecule has 3 fully saturated rings. The van der Waals surface area contributed by atoms with Crippen LogP contribution in [0.2, 0.25) is 0 Å². The zero-order valence-electron chi connectivity index (χ0n) is 48.8. The molecule has 1 aromatic heterocycles. The summed E-state index contributed by atoms with van der Waals surface area (Å²) in [6.07, 6.45) is 7.97. The molecule has 10 amide bonds. The van der Waals surface area contributed by atoms with Gasteiger partial charge in [-0.05, 0) is 130 Å². The van der Waals surface area contributed by atoms with E-state index < -0.39 is 119 Å². The largest absolute Gasteiger partial charge is 0.343 e. The van der Waals surface area contributed by atoms with E-state index in [4.69, 9.17) is 11.5 Å². The van der Waals surface area contributed by atoms with Crippen LogP contribution < -0.4 is 54.0 Å². The number of nitrogens with one attached hydrogen (secondary N) is 8. The van der Waals surface area contributed by atoms with E-state index in [0.717, 1.165) is 0 Å². The monoisotopic (exact) mass is 1140 g/mol. The molecule has 23 heteroatoms. The second-order valence-corrected chi connectivity index (χ2v) is 22.9. The number of hydrogen-bond donors (Lipinski definition) is 10. The maximum Gasteiger partial charge on any atom is 0.271 e. The van der Waals surface area contributed by atoms with Crippen LogP contribution in [0.1, 0.15) is 131 Å². The van der Waals surface area contributed by atoms with Crippen molar-refractivity contribution >= 4 is 71.2 Å². The number of benzene rings is 1. The van der Waals surface area contributed by atoms with Crippen molar-refractivity contribution in [2.24, 2.45) is 35.1 Å². The maximum atomic E-state index is 14.8. The lowest BCUT2D eigenvalue weighted by Crippen LogP contribution is -2.60. The number of pyridine rings is 1. The molecule has 0 radical (unpaired) electrons. The van der Waals surface area contributed by atoms with E-state index >= 15 is 0 Å². The Balaban J connectivity index is 1.61. The van der Waals surface area contributed by atoms with Crippen molar-refractivity contribution in [1.82, 2.24) is 57.3 Å². The molecule has 0 aliphatic carbocycles. The van der Waals surface area contributed by atoms with Gasteiger partial charge in [0.2, 0.25) is 47.3 Å². The third-order valence-electron chi connectivity index (χ3n) is 14.5. The fourth-order valence-corrected chi connectivity index (χ4v) is 10.2. The fourth-order valence-electron chi connectivity index (χ4n) is 10.2. The summed E-state index contributed by atoms with van der Waals surface area (Å²) in [6.45, 7) is 14.7. The molecule has 0 saturated carbocycles. The van der Waals surface area contributed by atoms with E-state index in [2.05, 4.69) is 47.5 Å². The van der Waals surface area contributed by atoms with Crippen molar-refractivity contribution in [2.45, 2.75) is 168 Å². The van der Waals surface area contributed by atoms with E-state index in [9.17, 15) is 47.9 Å². The van der Waals surface area contributed by atoms with Gasteiger partial charge < -0.3 is 63.8 Å². The Bertz CT molecular complexity index is 2450. The molecular formula is C59H87N13O10. The average molecular weight is 1140 g/mol. The van der Waals surface area contributed by atoms with Crippen molar-refractivity contribution in [1.29, 1.82) is 0 Å². The van der Waals surface area contributed by atoms with Crippen LogP contribution in [-0.4, -0.2) is 148 Å². The van der Waals surface area contributed by atoms with E-state index in [1.165, 1.54) is 34.3 Å². The minimum absolute atomic E-state index is 0.0506. The molecule has 3 aliphatic rings. The van der Waals surface area contributed by atoms with Crippen LogP contribution in [0.3, 0.4) is 0 Å². The third-order valence-corrected chi connectivity index (χ3v) is 14.5. The number of hydrogen-bond acceptors (Lipinski definition) is 13. The van der Waals surface area contributed by atoms with Crippen molar-refractivity contribution in [3.8, 4) is 0 Å².